The lowest BCUT2D eigenvalue weighted by Gasteiger charge is -2.33. The Balaban J connectivity index is 1.58. The molecule has 2 aromatic rings. The van der Waals surface area contributed by atoms with Gasteiger partial charge in [0.2, 0.25) is 15.9 Å². The number of aromatic nitrogens is 2. The van der Waals surface area contributed by atoms with E-state index < -0.39 is 10.0 Å². The average Bonchev–Trinajstić information content (AvgIpc) is 2.98. The van der Waals surface area contributed by atoms with E-state index in [2.05, 4.69) is 10.4 Å². The highest BCUT2D eigenvalue weighted by atomic mass is 35.5. The van der Waals surface area contributed by atoms with Crippen molar-refractivity contribution in [1.82, 2.24) is 19.0 Å². The molecular weight excluding hydrogens is 425 g/mol. The van der Waals surface area contributed by atoms with Crippen LogP contribution in [0.15, 0.2) is 29.3 Å². The lowest BCUT2D eigenvalue weighted by atomic mass is 10.3. The number of hydrogen-bond acceptors (Lipinski definition) is 5. The van der Waals surface area contributed by atoms with E-state index >= 15 is 0 Å². The minimum atomic E-state index is -3.60. The number of hydrogen-bond donors (Lipinski definition) is 1. The van der Waals surface area contributed by atoms with E-state index in [1.54, 1.807) is 32.2 Å². The van der Waals surface area contributed by atoms with E-state index in [9.17, 15) is 13.2 Å². The van der Waals surface area contributed by atoms with Gasteiger partial charge in [-0.15, -0.1) is 0 Å². The number of piperazine rings is 1. The molecule has 11 heteroatoms. The Bertz CT molecular complexity index is 964. The molecule has 1 fully saturated rings. The molecule has 1 aliphatic heterocycles. The first-order valence-corrected chi connectivity index (χ1v) is 10.8. The maximum Gasteiger partial charge on any atom is 0.246 e. The average molecular weight is 446 g/mol. The fourth-order valence-corrected chi connectivity index (χ4v) is 5.10. The molecule has 1 aliphatic rings. The third-order valence-corrected chi connectivity index (χ3v) is 7.37. The number of sulfonamides is 1. The van der Waals surface area contributed by atoms with Gasteiger partial charge in [0.15, 0.2) is 0 Å². The zero-order chi connectivity index (χ0) is 20.5. The van der Waals surface area contributed by atoms with E-state index in [0.717, 1.165) is 0 Å². The summed E-state index contributed by atoms with van der Waals surface area (Å²) in [5, 5.41) is 7.46. The predicted octanol–water partition coefficient (Wildman–Crippen LogP) is 1.98. The zero-order valence-corrected chi connectivity index (χ0v) is 17.9. The second kappa shape index (κ2) is 8.38. The molecule has 28 heavy (non-hydrogen) atoms. The van der Waals surface area contributed by atoms with Crippen molar-refractivity contribution in [3.63, 3.8) is 0 Å². The van der Waals surface area contributed by atoms with Crippen molar-refractivity contribution in [2.24, 2.45) is 7.05 Å². The van der Waals surface area contributed by atoms with Crippen LogP contribution < -0.4 is 5.32 Å². The highest BCUT2D eigenvalue weighted by Crippen LogP contribution is 2.29. The molecule has 2 heterocycles. The minimum absolute atomic E-state index is 0.126. The minimum Gasteiger partial charge on any atom is -0.322 e. The second-order valence-electron chi connectivity index (χ2n) is 6.54. The van der Waals surface area contributed by atoms with E-state index in [4.69, 9.17) is 23.2 Å². The van der Waals surface area contributed by atoms with Gasteiger partial charge in [-0.25, -0.2) is 8.42 Å². The summed E-state index contributed by atoms with van der Waals surface area (Å²) in [6, 6.07) is 4.99. The Labute approximate surface area is 174 Å². The van der Waals surface area contributed by atoms with Gasteiger partial charge in [0.25, 0.3) is 0 Å². The van der Waals surface area contributed by atoms with Crippen LogP contribution >= 0.6 is 23.2 Å². The number of rotatable bonds is 5. The molecule has 0 aliphatic carbocycles. The number of nitrogens with zero attached hydrogens (tertiary/aromatic N) is 4. The smallest absolute Gasteiger partial charge is 0.246 e. The monoisotopic (exact) mass is 445 g/mol. The first kappa shape index (κ1) is 21.1. The molecule has 1 saturated heterocycles. The van der Waals surface area contributed by atoms with Crippen molar-refractivity contribution in [3.05, 3.63) is 40.1 Å². The van der Waals surface area contributed by atoms with E-state index in [0.29, 0.717) is 47.6 Å². The summed E-state index contributed by atoms with van der Waals surface area (Å²) in [5.74, 6) is -0.255. The highest BCUT2D eigenvalue weighted by Gasteiger charge is 2.31. The van der Waals surface area contributed by atoms with Crippen LogP contribution in [0.3, 0.4) is 0 Å². The number of carbonyl (C=O) groups excluding carboxylic acids is 1. The van der Waals surface area contributed by atoms with Crippen molar-refractivity contribution in [1.29, 1.82) is 0 Å². The Morgan fingerprint density at radius 2 is 1.79 bits per heavy atom. The summed E-state index contributed by atoms with van der Waals surface area (Å²) in [5.41, 5.74) is 0.975. The standard InChI is InChI=1S/C17H21Cl2N5O3S/c1-12-15(10-20-22(12)2)28(26,27)24-8-6-23(7-9-24)11-16(25)21-17-13(18)4-3-5-14(17)19/h3-5,10H,6-9,11H2,1-2H3,(H,21,25). The second-order valence-corrected chi connectivity index (χ2v) is 9.26. The van der Waals surface area contributed by atoms with Crippen molar-refractivity contribution in [3.8, 4) is 0 Å². The maximum atomic E-state index is 12.8. The summed E-state index contributed by atoms with van der Waals surface area (Å²) >= 11 is 12.1. The molecule has 0 radical (unpaired) electrons. The molecule has 8 nitrogen and oxygen atoms in total. The summed E-state index contributed by atoms with van der Waals surface area (Å²) in [6.45, 7) is 3.35. The van der Waals surface area contributed by atoms with Gasteiger partial charge in [0, 0.05) is 33.2 Å². The highest BCUT2D eigenvalue weighted by molar-refractivity contribution is 7.89. The van der Waals surface area contributed by atoms with E-state index in [-0.39, 0.29) is 17.3 Å². The van der Waals surface area contributed by atoms with Crippen LogP contribution in [0.25, 0.3) is 0 Å². The SMILES string of the molecule is Cc1c(S(=O)(=O)N2CCN(CC(=O)Nc3c(Cl)cccc3Cl)CC2)cnn1C. The van der Waals surface area contributed by atoms with Gasteiger partial charge in [-0.3, -0.25) is 14.4 Å². The molecule has 1 aromatic heterocycles. The molecule has 0 bridgehead atoms. The summed E-state index contributed by atoms with van der Waals surface area (Å²) in [7, 11) is -1.89. The van der Waals surface area contributed by atoms with Crippen LogP contribution in [-0.2, 0) is 21.9 Å². The van der Waals surface area contributed by atoms with Crippen LogP contribution in [0.1, 0.15) is 5.69 Å². The normalized spacial score (nSPS) is 16.3. The Kier molecular flexibility index (Phi) is 6.31. The summed E-state index contributed by atoms with van der Waals surface area (Å²) in [6.07, 6.45) is 1.37. The Morgan fingerprint density at radius 3 is 2.32 bits per heavy atom. The van der Waals surface area contributed by atoms with E-state index in [1.807, 2.05) is 4.90 Å². The molecule has 1 amide bonds. The quantitative estimate of drug-likeness (QED) is 0.759. The fourth-order valence-electron chi connectivity index (χ4n) is 3.00. The molecule has 1 aromatic carbocycles. The lowest BCUT2D eigenvalue weighted by molar-refractivity contribution is -0.117. The van der Waals surface area contributed by atoms with Gasteiger partial charge in [0.1, 0.15) is 4.90 Å². The number of amides is 1. The molecule has 152 valence electrons. The molecule has 3 rings (SSSR count). The zero-order valence-electron chi connectivity index (χ0n) is 15.5. The first-order chi connectivity index (χ1) is 13.2. The summed E-state index contributed by atoms with van der Waals surface area (Å²) < 4.78 is 28.6. The molecule has 0 saturated carbocycles. The van der Waals surface area contributed by atoms with Gasteiger partial charge in [-0.05, 0) is 19.1 Å². The van der Waals surface area contributed by atoms with Gasteiger partial charge < -0.3 is 5.32 Å². The molecular formula is C17H21Cl2N5O3S. The topological polar surface area (TPSA) is 87.5 Å². The van der Waals surface area contributed by atoms with Crippen molar-refractivity contribution in [2.75, 3.05) is 38.0 Å². The van der Waals surface area contributed by atoms with Crippen molar-refractivity contribution < 1.29 is 13.2 Å². The number of anilines is 1. The van der Waals surface area contributed by atoms with Gasteiger partial charge in [0.05, 0.1) is 34.2 Å². The third-order valence-electron chi connectivity index (χ3n) is 4.73. The number of aryl methyl sites for hydroxylation is 1. The van der Waals surface area contributed by atoms with Gasteiger partial charge in [-0.1, -0.05) is 29.3 Å². The molecule has 0 unspecified atom stereocenters. The van der Waals surface area contributed by atoms with Crippen LogP contribution in [-0.4, -0.2) is 66.0 Å². The summed E-state index contributed by atoms with van der Waals surface area (Å²) in [4.78, 5) is 14.4. The maximum absolute atomic E-state index is 12.8. The Morgan fingerprint density at radius 1 is 1.18 bits per heavy atom. The predicted molar refractivity (Wildman–Crippen MR) is 108 cm³/mol. The molecule has 0 spiro atoms. The molecule has 0 atom stereocenters. The van der Waals surface area contributed by atoms with E-state index in [1.165, 1.54) is 15.2 Å². The fraction of sp³-hybridized carbons (Fsp3) is 0.412. The van der Waals surface area contributed by atoms with Gasteiger partial charge >= 0.3 is 0 Å². The number of nitrogens with one attached hydrogen (secondary N) is 1. The number of para-hydroxylation sites is 1. The molecule has 1 N–H and O–H groups in total. The Hall–Kier alpha value is -1.65. The number of carbonyl (C=O) groups is 1. The first-order valence-electron chi connectivity index (χ1n) is 8.65. The van der Waals surface area contributed by atoms with Crippen LogP contribution in [0.4, 0.5) is 5.69 Å². The largest absolute Gasteiger partial charge is 0.322 e. The third kappa shape index (κ3) is 4.33. The van der Waals surface area contributed by atoms with Crippen LogP contribution in [0.2, 0.25) is 10.0 Å². The van der Waals surface area contributed by atoms with Gasteiger partial charge in [-0.2, -0.15) is 9.40 Å². The van der Waals surface area contributed by atoms with Crippen LogP contribution in [0, 0.1) is 6.92 Å². The number of benzene rings is 1. The number of halogens is 2. The van der Waals surface area contributed by atoms with Crippen molar-refractivity contribution in [2.45, 2.75) is 11.8 Å². The van der Waals surface area contributed by atoms with Crippen LogP contribution in [0.5, 0.6) is 0 Å². The van der Waals surface area contributed by atoms with Crippen molar-refractivity contribution >= 4 is 44.8 Å². The lowest BCUT2D eigenvalue weighted by Crippen LogP contribution is -2.50.